The molecule has 0 unspecified atom stereocenters. The molecule has 1 aliphatic rings. The van der Waals surface area contributed by atoms with Gasteiger partial charge < -0.3 is 5.32 Å². The predicted octanol–water partition coefficient (Wildman–Crippen LogP) is 2.56. The molecule has 0 saturated heterocycles. The Bertz CT molecular complexity index is 408. The minimum atomic E-state index is -0.259. The van der Waals surface area contributed by atoms with E-state index in [4.69, 9.17) is 11.6 Å². The van der Waals surface area contributed by atoms with Crippen molar-refractivity contribution >= 4 is 17.5 Å². The van der Waals surface area contributed by atoms with Gasteiger partial charge in [-0.15, -0.1) is 11.6 Å². The van der Waals surface area contributed by atoms with Crippen LogP contribution in [0.1, 0.15) is 30.0 Å². The number of rotatable bonds is 2. The third kappa shape index (κ3) is 2.35. The monoisotopic (exact) mass is 241 g/mol. The van der Waals surface area contributed by atoms with Gasteiger partial charge in [-0.3, -0.25) is 4.79 Å². The zero-order chi connectivity index (χ0) is 11.5. The van der Waals surface area contributed by atoms with Crippen LogP contribution in [-0.4, -0.2) is 11.8 Å². The van der Waals surface area contributed by atoms with Gasteiger partial charge in [0.05, 0.1) is 6.04 Å². The number of hydrogen-bond acceptors (Lipinski definition) is 1. The number of benzene rings is 1. The summed E-state index contributed by atoms with van der Waals surface area (Å²) in [4.78, 5) is 11.2. The molecule has 0 radical (unpaired) electrons. The summed E-state index contributed by atoms with van der Waals surface area (Å²) < 4.78 is 13.1. The van der Waals surface area contributed by atoms with Crippen molar-refractivity contribution in [3.63, 3.8) is 0 Å². The minimum Gasteiger partial charge on any atom is -0.348 e. The molecule has 2 nitrogen and oxygen atoms in total. The van der Waals surface area contributed by atoms with Crippen LogP contribution in [0.2, 0.25) is 0 Å². The fourth-order valence-corrected chi connectivity index (χ4v) is 2.23. The quantitative estimate of drug-likeness (QED) is 0.793. The van der Waals surface area contributed by atoms with Crippen molar-refractivity contribution in [2.24, 2.45) is 0 Å². The first-order valence-electron chi connectivity index (χ1n) is 5.34. The molecule has 0 saturated carbocycles. The fourth-order valence-electron chi connectivity index (χ4n) is 2.15. The number of aryl methyl sites for hydroxylation is 1. The topological polar surface area (TPSA) is 29.1 Å². The van der Waals surface area contributed by atoms with Gasteiger partial charge in [0.1, 0.15) is 11.7 Å². The average molecular weight is 242 g/mol. The summed E-state index contributed by atoms with van der Waals surface area (Å²) in [5.74, 6) is -0.518. The van der Waals surface area contributed by atoms with Crippen molar-refractivity contribution in [3.05, 3.63) is 35.1 Å². The summed E-state index contributed by atoms with van der Waals surface area (Å²) in [5, 5.41) is 2.81. The Kier molecular flexibility index (Phi) is 3.44. The maximum absolute atomic E-state index is 13.1. The van der Waals surface area contributed by atoms with Crippen LogP contribution in [0.5, 0.6) is 0 Å². The molecule has 1 aromatic rings. The third-order valence-electron chi connectivity index (χ3n) is 2.88. The van der Waals surface area contributed by atoms with Crippen molar-refractivity contribution in [1.82, 2.24) is 5.32 Å². The smallest absolute Gasteiger partial charge is 0.235 e. The van der Waals surface area contributed by atoms with E-state index in [0.29, 0.717) is 0 Å². The molecular formula is C12H13ClFNO. The van der Waals surface area contributed by atoms with Crippen LogP contribution >= 0.6 is 11.6 Å². The molecule has 1 amide bonds. The maximum atomic E-state index is 13.1. The Hall–Kier alpha value is -1.09. The van der Waals surface area contributed by atoms with Crippen LogP contribution in [0, 0.1) is 5.82 Å². The first kappa shape index (κ1) is 11.4. The van der Waals surface area contributed by atoms with E-state index in [9.17, 15) is 9.18 Å². The molecule has 0 fully saturated rings. The van der Waals surface area contributed by atoms with Gasteiger partial charge in [-0.1, -0.05) is 6.07 Å². The van der Waals surface area contributed by atoms with E-state index < -0.39 is 0 Å². The standard InChI is InChI=1S/C12H13ClFNO/c13-7-12(16)15-11-3-1-2-8-4-5-9(14)6-10(8)11/h4-6,11H,1-3,7H2,(H,15,16)/t11-/m0/s1. The largest absolute Gasteiger partial charge is 0.348 e. The lowest BCUT2D eigenvalue weighted by Gasteiger charge is -2.26. The first-order valence-corrected chi connectivity index (χ1v) is 5.88. The molecule has 0 spiro atoms. The number of nitrogens with one attached hydrogen (secondary N) is 1. The Morgan fingerprint density at radius 1 is 1.56 bits per heavy atom. The molecule has 1 aromatic carbocycles. The van der Waals surface area contributed by atoms with Crippen molar-refractivity contribution < 1.29 is 9.18 Å². The van der Waals surface area contributed by atoms with Gasteiger partial charge in [0.2, 0.25) is 5.91 Å². The van der Waals surface area contributed by atoms with Crippen LogP contribution in [0.4, 0.5) is 4.39 Å². The van der Waals surface area contributed by atoms with Gasteiger partial charge in [0.25, 0.3) is 0 Å². The zero-order valence-electron chi connectivity index (χ0n) is 8.80. The van der Waals surface area contributed by atoms with E-state index in [-0.39, 0.29) is 23.6 Å². The highest BCUT2D eigenvalue weighted by atomic mass is 35.5. The van der Waals surface area contributed by atoms with E-state index in [1.54, 1.807) is 6.07 Å². The van der Waals surface area contributed by atoms with Gasteiger partial charge in [0.15, 0.2) is 0 Å². The van der Waals surface area contributed by atoms with Gasteiger partial charge in [-0.2, -0.15) is 0 Å². The van der Waals surface area contributed by atoms with Gasteiger partial charge in [-0.05, 0) is 42.5 Å². The highest BCUT2D eigenvalue weighted by Gasteiger charge is 2.21. The molecule has 0 aromatic heterocycles. The molecule has 0 aliphatic heterocycles. The minimum absolute atomic E-state index is 0.0544. The van der Waals surface area contributed by atoms with Gasteiger partial charge in [-0.25, -0.2) is 4.39 Å². The highest BCUT2D eigenvalue weighted by Crippen LogP contribution is 2.30. The molecule has 86 valence electrons. The van der Waals surface area contributed by atoms with Gasteiger partial charge >= 0.3 is 0 Å². The van der Waals surface area contributed by atoms with E-state index >= 15 is 0 Å². The number of halogens is 2. The lowest BCUT2D eigenvalue weighted by atomic mass is 9.87. The van der Waals surface area contributed by atoms with Crippen molar-refractivity contribution in [1.29, 1.82) is 0 Å². The molecule has 1 aliphatic carbocycles. The Balaban J connectivity index is 2.24. The number of fused-ring (bicyclic) bond motifs is 1. The number of hydrogen-bond donors (Lipinski definition) is 1. The lowest BCUT2D eigenvalue weighted by Crippen LogP contribution is -2.31. The van der Waals surface area contributed by atoms with Crippen molar-refractivity contribution in [3.8, 4) is 0 Å². The van der Waals surface area contributed by atoms with Crippen LogP contribution in [-0.2, 0) is 11.2 Å². The summed E-state index contributed by atoms with van der Waals surface area (Å²) in [7, 11) is 0. The zero-order valence-corrected chi connectivity index (χ0v) is 9.56. The van der Waals surface area contributed by atoms with Crippen molar-refractivity contribution in [2.45, 2.75) is 25.3 Å². The summed E-state index contributed by atoms with van der Waals surface area (Å²) in [5.41, 5.74) is 2.01. The molecule has 2 rings (SSSR count). The van der Waals surface area contributed by atoms with E-state index in [0.717, 1.165) is 30.4 Å². The van der Waals surface area contributed by atoms with Crippen LogP contribution < -0.4 is 5.32 Å². The number of amides is 1. The number of alkyl halides is 1. The van der Waals surface area contributed by atoms with E-state index in [1.807, 2.05) is 0 Å². The highest BCUT2D eigenvalue weighted by molar-refractivity contribution is 6.27. The Labute approximate surface area is 98.8 Å². The molecular weight excluding hydrogens is 229 g/mol. The van der Waals surface area contributed by atoms with Crippen molar-refractivity contribution in [2.75, 3.05) is 5.88 Å². The summed E-state index contributed by atoms with van der Waals surface area (Å²) in [6.45, 7) is 0. The average Bonchev–Trinajstić information content (AvgIpc) is 2.29. The molecule has 0 bridgehead atoms. The van der Waals surface area contributed by atoms with E-state index in [1.165, 1.54) is 12.1 Å². The molecule has 1 N–H and O–H groups in total. The molecule has 16 heavy (non-hydrogen) atoms. The van der Waals surface area contributed by atoms with Crippen LogP contribution in [0.25, 0.3) is 0 Å². The Morgan fingerprint density at radius 3 is 3.12 bits per heavy atom. The summed E-state index contributed by atoms with van der Waals surface area (Å²) in [6, 6.07) is 4.67. The number of carbonyl (C=O) groups is 1. The maximum Gasteiger partial charge on any atom is 0.235 e. The predicted molar refractivity (Wildman–Crippen MR) is 60.9 cm³/mol. The van der Waals surface area contributed by atoms with E-state index in [2.05, 4.69) is 5.32 Å². The normalized spacial score (nSPS) is 19.0. The SMILES string of the molecule is O=C(CCl)N[C@H]1CCCc2ccc(F)cc21. The second-order valence-electron chi connectivity index (χ2n) is 3.99. The molecule has 0 heterocycles. The van der Waals surface area contributed by atoms with Crippen LogP contribution in [0.15, 0.2) is 18.2 Å². The second-order valence-corrected chi connectivity index (χ2v) is 4.26. The number of carbonyl (C=O) groups excluding carboxylic acids is 1. The summed E-state index contributed by atoms with van der Waals surface area (Å²) >= 11 is 5.44. The second kappa shape index (κ2) is 4.83. The lowest BCUT2D eigenvalue weighted by molar-refractivity contribution is -0.119. The summed E-state index contributed by atoms with van der Waals surface area (Å²) in [6.07, 6.45) is 2.80. The molecule has 4 heteroatoms. The fraction of sp³-hybridized carbons (Fsp3) is 0.417. The first-order chi connectivity index (χ1) is 7.70. The van der Waals surface area contributed by atoms with Crippen LogP contribution in [0.3, 0.4) is 0 Å². The third-order valence-corrected chi connectivity index (χ3v) is 3.12. The Morgan fingerprint density at radius 2 is 2.38 bits per heavy atom. The molecule has 1 atom stereocenters. The van der Waals surface area contributed by atoms with Gasteiger partial charge in [0, 0.05) is 0 Å².